The van der Waals surface area contributed by atoms with Crippen LogP contribution in [0.1, 0.15) is 13.3 Å². The molecule has 0 bridgehead atoms. The molecule has 0 saturated heterocycles. The molecular formula is C4H8OS2. The second kappa shape index (κ2) is 3.41. The predicted octanol–water partition coefficient (Wildman–Crippen LogP) is 1.01. The zero-order chi connectivity index (χ0) is 5.86. The molecule has 0 radical (unpaired) electrons. The number of aliphatic hydroxyl groups excluding tert-OH is 1. The molecule has 0 aliphatic rings. The van der Waals surface area contributed by atoms with Crippen LogP contribution in [0, 0.1) is 0 Å². The maximum Gasteiger partial charge on any atom is 0.0565 e. The summed E-state index contributed by atoms with van der Waals surface area (Å²) in [6.07, 6.45) is 0.170. The van der Waals surface area contributed by atoms with E-state index in [0.29, 0.717) is 10.6 Å². The summed E-state index contributed by atoms with van der Waals surface area (Å²) in [5.41, 5.74) is 0. The Labute approximate surface area is 54.1 Å². The van der Waals surface area contributed by atoms with Crippen LogP contribution in [0.3, 0.4) is 0 Å². The maximum atomic E-state index is 8.59. The molecule has 0 aliphatic heterocycles. The van der Waals surface area contributed by atoms with Gasteiger partial charge < -0.3 is 5.11 Å². The lowest BCUT2D eigenvalue weighted by Gasteiger charge is -1.97. The van der Waals surface area contributed by atoms with E-state index in [9.17, 15) is 0 Å². The molecule has 0 amide bonds. The summed E-state index contributed by atoms with van der Waals surface area (Å²) in [6.45, 7) is 1.68. The first-order valence-electron chi connectivity index (χ1n) is 2.03. The molecule has 0 spiro atoms. The molecule has 0 aromatic heterocycles. The minimum Gasteiger partial charge on any atom is -0.393 e. The van der Waals surface area contributed by atoms with Crippen molar-refractivity contribution >= 4 is 29.0 Å². The SMILES string of the molecule is C[C@@H](O)CC(=S)S. The number of rotatable bonds is 2. The van der Waals surface area contributed by atoms with Crippen LogP contribution in [0.4, 0.5) is 0 Å². The van der Waals surface area contributed by atoms with Gasteiger partial charge in [-0.2, -0.15) is 0 Å². The molecule has 1 atom stereocenters. The van der Waals surface area contributed by atoms with Gasteiger partial charge in [-0.1, -0.05) is 12.2 Å². The summed E-state index contributed by atoms with van der Waals surface area (Å²) in [5.74, 6) is 0. The lowest BCUT2D eigenvalue weighted by atomic mass is 10.3. The summed E-state index contributed by atoms with van der Waals surface area (Å²) in [4.78, 5) is 0. The van der Waals surface area contributed by atoms with Gasteiger partial charge in [0.1, 0.15) is 0 Å². The van der Waals surface area contributed by atoms with Gasteiger partial charge in [-0.15, -0.1) is 12.6 Å². The molecular weight excluding hydrogens is 128 g/mol. The highest BCUT2D eigenvalue weighted by Crippen LogP contribution is 1.95. The Morgan fingerprint density at radius 2 is 2.43 bits per heavy atom. The molecule has 0 fully saturated rings. The third kappa shape index (κ3) is 6.40. The minimum absolute atomic E-state index is 0.343. The van der Waals surface area contributed by atoms with Gasteiger partial charge in [0.25, 0.3) is 0 Å². The minimum atomic E-state index is -0.343. The van der Waals surface area contributed by atoms with Crippen molar-refractivity contribution in [1.82, 2.24) is 0 Å². The van der Waals surface area contributed by atoms with E-state index < -0.39 is 0 Å². The van der Waals surface area contributed by atoms with Crippen molar-refractivity contribution in [2.24, 2.45) is 0 Å². The van der Waals surface area contributed by atoms with Crippen LogP contribution in [0.25, 0.3) is 0 Å². The van der Waals surface area contributed by atoms with Crippen LogP contribution in [0.2, 0.25) is 0 Å². The topological polar surface area (TPSA) is 20.2 Å². The summed E-state index contributed by atoms with van der Waals surface area (Å²) in [6, 6.07) is 0. The first-order chi connectivity index (χ1) is 3.13. The lowest BCUT2D eigenvalue weighted by molar-refractivity contribution is 0.204. The smallest absolute Gasteiger partial charge is 0.0565 e. The standard InChI is InChI=1S/C4H8OS2/c1-3(5)2-4(6)7/h3,5H,2H2,1H3,(H,6,7)/t3-/m1/s1. The fourth-order valence-corrected chi connectivity index (χ4v) is 0.758. The molecule has 0 saturated carbocycles. The van der Waals surface area contributed by atoms with Crippen molar-refractivity contribution in [2.45, 2.75) is 19.4 Å². The number of aliphatic hydroxyl groups is 1. The van der Waals surface area contributed by atoms with Gasteiger partial charge >= 0.3 is 0 Å². The Bertz CT molecular complexity index is 70.1. The zero-order valence-electron chi connectivity index (χ0n) is 4.09. The van der Waals surface area contributed by atoms with E-state index in [0.717, 1.165) is 0 Å². The van der Waals surface area contributed by atoms with Crippen molar-refractivity contribution in [3.8, 4) is 0 Å². The van der Waals surface area contributed by atoms with Gasteiger partial charge in [-0.25, -0.2) is 0 Å². The highest BCUT2D eigenvalue weighted by atomic mass is 32.1. The molecule has 0 heterocycles. The predicted molar refractivity (Wildman–Crippen MR) is 37.9 cm³/mol. The molecule has 3 heteroatoms. The van der Waals surface area contributed by atoms with Crippen molar-refractivity contribution < 1.29 is 5.11 Å². The van der Waals surface area contributed by atoms with Crippen LogP contribution in [-0.2, 0) is 0 Å². The molecule has 7 heavy (non-hydrogen) atoms. The first-order valence-corrected chi connectivity index (χ1v) is 2.88. The molecule has 0 rings (SSSR count). The van der Waals surface area contributed by atoms with Crippen LogP contribution in [-0.4, -0.2) is 15.4 Å². The molecule has 1 N–H and O–H groups in total. The van der Waals surface area contributed by atoms with E-state index >= 15 is 0 Å². The van der Waals surface area contributed by atoms with E-state index in [1.54, 1.807) is 6.92 Å². The highest BCUT2D eigenvalue weighted by Gasteiger charge is 1.94. The number of hydrogen-bond acceptors (Lipinski definition) is 2. The second-order valence-corrected chi connectivity index (χ2v) is 2.78. The Kier molecular flexibility index (Phi) is 3.60. The van der Waals surface area contributed by atoms with Crippen molar-refractivity contribution in [2.75, 3.05) is 0 Å². The molecule has 1 nitrogen and oxygen atoms in total. The van der Waals surface area contributed by atoms with Gasteiger partial charge in [-0.05, 0) is 6.92 Å². The number of thiol groups is 1. The van der Waals surface area contributed by atoms with E-state index in [2.05, 4.69) is 24.8 Å². The van der Waals surface area contributed by atoms with Crippen molar-refractivity contribution in [3.05, 3.63) is 0 Å². The monoisotopic (exact) mass is 136 g/mol. The average Bonchev–Trinajstić information content (AvgIpc) is 1.27. The molecule has 0 unspecified atom stereocenters. The summed E-state index contributed by atoms with van der Waals surface area (Å²) in [5, 5.41) is 8.59. The van der Waals surface area contributed by atoms with E-state index in [4.69, 9.17) is 5.11 Å². The van der Waals surface area contributed by atoms with Gasteiger partial charge in [-0.3, -0.25) is 0 Å². The summed E-state index contributed by atoms with van der Waals surface area (Å²) >= 11 is 8.38. The summed E-state index contributed by atoms with van der Waals surface area (Å²) < 4.78 is 0.565. The van der Waals surface area contributed by atoms with Gasteiger partial charge in [0.15, 0.2) is 0 Å². The van der Waals surface area contributed by atoms with Gasteiger partial charge in [0.05, 0.1) is 6.10 Å². The highest BCUT2D eigenvalue weighted by molar-refractivity contribution is 8.11. The fraction of sp³-hybridized carbons (Fsp3) is 0.750. The number of hydrogen-bond donors (Lipinski definition) is 2. The quantitative estimate of drug-likeness (QED) is 0.436. The number of thiocarbonyl (C=S) groups is 1. The molecule has 0 aromatic rings. The van der Waals surface area contributed by atoms with Crippen LogP contribution < -0.4 is 0 Å². The van der Waals surface area contributed by atoms with Crippen LogP contribution in [0.15, 0.2) is 0 Å². The van der Waals surface area contributed by atoms with Crippen LogP contribution >= 0.6 is 24.8 Å². The fourth-order valence-electron chi connectivity index (χ4n) is 0.253. The molecule has 0 aliphatic carbocycles. The van der Waals surface area contributed by atoms with Crippen molar-refractivity contribution in [1.29, 1.82) is 0 Å². The third-order valence-electron chi connectivity index (χ3n) is 0.470. The Hall–Kier alpha value is 0.400. The second-order valence-electron chi connectivity index (χ2n) is 1.45. The summed E-state index contributed by atoms with van der Waals surface area (Å²) in [7, 11) is 0. The van der Waals surface area contributed by atoms with Crippen LogP contribution in [0.5, 0.6) is 0 Å². The third-order valence-corrected chi connectivity index (χ3v) is 0.819. The first kappa shape index (κ1) is 7.40. The van der Waals surface area contributed by atoms with Crippen molar-refractivity contribution in [3.63, 3.8) is 0 Å². The van der Waals surface area contributed by atoms with E-state index in [-0.39, 0.29) is 6.10 Å². The van der Waals surface area contributed by atoms with Gasteiger partial charge in [0.2, 0.25) is 0 Å². The molecule has 0 aromatic carbocycles. The Morgan fingerprint density at radius 3 is 2.43 bits per heavy atom. The normalized spacial score (nSPS) is 13.6. The Morgan fingerprint density at radius 1 is 2.00 bits per heavy atom. The average molecular weight is 136 g/mol. The van der Waals surface area contributed by atoms with Gasteiger partial charge in [0, 0.05) is 10.6 Å². The maximum absolute atomic E-state index is 8.59. The largest absolute Gasteiger partial charge is 0.393 e. The Balaban J connectivity index is 3.13. The zero-order valence-corrected chi connectivity index (χ0v) is 5.80. The van der Waals surface area contributed by atoms with E-state index in [1.165, 1.54) is 0 Å². The lowest BCUT2D eigenvalue weighted by Crippen LogP contribution is -2.01. The van der Waals surface area contributed by atoms with E-state index in [1.807, 2.05) is 0 Å². The molecule has 42 valence electrons.